The van der Waals surface area contributed by atoms with Gasteiger partial charge in [-0.3, -0.25) is 0 Å². The fraction of sp³-hybridized carbons (Fsp3) is 0.947. The molecule has 4 aliphatic carbocycles. The monoisotopic (exact) mass is 434 g/mol. The zero-order valence-corrected chi connectivity index (χ0v) is 16.1. The molecule has 29 heavy (non-hydrogen) atoms. The predicted molar refractivity (Wildman–Crippen MR) is 87.3 cm³/mol. The highest BCUT2D eigenvalue weighted by Crippen LogP contribution is 2.62. The first-order valence-corrected chi connectivity index (χ1v) is 9.85. The van der Waals surface area contributed by atoms with E-state index in [1.165, 1.54) is 0 Å². The molecule has 168 valence electrons. The van der Waals surface area contributed by atoms with Gasteiger partial charge in [0.05, 0.1) is 6.42 Å². The van der Waals surface area contributed by atoms with E-state index in [2.05, 4.69) is 0 Å². The first kappa shape index (κ1) is 22.6. The first-order valence-electron chi connectivity index (χ1n) is 9.85. The molecular formula is C19H25F7O3. The molecule has 4 rings (SSSR count). The second-order valence-corrected chi connectivity index (χ2v) is 9.23. The van der Waals surface area contributed by atoms with Crippen LogP contribution in [0.3, 0.4) is 0 Å². The quantitative estimate of drug-likeness (QED) is 0.475. The summed E-state index contributed by atoms with van der Waals surface area (Å²) in [5, 5.41) is 9.78. The second-order valence-electron chi connectivity index (χ2n) is 9.23. The van der Waals surface area contributed by atoms with Gasteiger partial charge in [0, 0.05) is 0 Å². The maximum absolute atomic E-state index is 13.6. The van der Waals surface area contributed by atoms with Crippen LogP contribution in [0.15, 0.2) is 0 Å². The van der Waals surface area contributed by atoms with Crippen LogP contribution in [-0.4, -0.2) is 40.8 Å². The molecule has 1 N–H and O–H groups in total. The number of hydrogen-bond donors (Lipinski definition) is 1. The Morgan fingerprint density at radius 2 is 1.41 bits per heavy atom. The number of halogens is 7. The molecule has 0 amide bonds. The van der Waals surface area contributed by atoms with E-state index in [0.717, 1.165) is 32.1 Å². The van der Waals surface area contributed by atoms with Gasteiger partial charge in [-0.15, -0.1) is 0 Å². The molecule has 0 aromatic carbocycles. The number of aliphatic hydroxyl groups is 1. The van der Waals surface area contributed by atoms with E-state index in [1.54, 1.807) is 13.8 Å². The zero-order chi connectivity index (χ0) is 22.0. The third-order valence-corrected chi connectivity index (χ3v) is 7.13. The average Bonchev–Trinajstić information content (AvgIpc) is 2.55. The van der Waals surface area contributed by atoms with E-state index in [4.69, 9.17) is 4.74 Å². The smallest absolute Gasteiger partial charge is 0.456 e. The molecule has 0 aromatic heterocycles. The van der Waals surface area contributed by atoms with E-state index in [-0.39, 0.29) is 17.8 Å². The summed E-state index contributed by atoms with van der Waals surface area (Å²) in [7, 11) is 0. The van der Waals surface area contributed by atoms with E-state index >= 15 is 0 Å². The van der Waals surface area contributed by atoms with Crippen LogP contribution in [0.5, 0.6) is 0 Å². The van der Waals surface area contributed by atoms with Gasteiger partial charge in [-0.25, -0.2) is 4.79 Å². The Balaban J connectivity index is 1.76. The second kappa shape index (κ2) is 6.99. The number of ether oxygens (including phenoxy) is 1. The SMILES string of the molecule is CC(C)C1(OC(=O)C(O)CC(F)(F)C(F)(F)C(F)(F)F)C2CC3CC(C2)CC1C3. The molecule has 0 aromatic rings. The van der Waals surface area contributed by atoms with Gasteiger partial charge in [0.1, 0.15) is 5.60 Å². The molecule has 1 unspecified atom stereocenters. The summed E-state index contributed by atoms with van der Waals surface area (Å²) in [5.41, 5.74) is -1.02. The molecule has 0 saturated heterocycles. The minimum atomic E-state index is -6.51. The number of esters is 1. The van der Waals surface area contributed by atoms with Crippen molar-refractivity contribution >= 4 is 5.97 Å². The molecule has 0 spiro atoms. The molecule has 0 radical (unpaired) electrons. The first-order chi connectivity index (χ1) is 13.1. The summed E-state index contributed by atoms with van der Waals surface area (Å²) in [6, 6.07) is 0. The van der Waals surface area contributed by atoms with Gasteiger partial charge in [0.2, 0.25) is 0 Å². The van der Waals surface area contributed by atoms with E-state index in [9.17, 15) is 40.6 Å². The van der Waals surface area contributed by atoms with Crippen molar-refractivity contribution in [1.29, 1.82) is 0 Å². The van der Waals surface area contributed by atoms with Gasteiger partial charge in [0.15, 0.2) is 6.10 Å². The molecule has 0 heterocycles. The number of hydrogen-bond acceptors (Lipinski definition) is 3. The third-order valence-electron chi connectivity index (χ3n) is 7.13. The standard InChI is InChI=1S/C19H25F7O3/c1-9(2)17(12-4-10-3-11(6-12)7-13(17)5-10)29-15(28)14(27)8-16(20,21)18(22,23)19(24,25)26/h9-14,27H,3-8H2,1-2H3. The topological polar surface area (TPSA) is 46.5 Å². The lowest BCUT2D eigenvalue weighted by Crippen LogP contribution is -2.63. The van der Waals surface area contributed by atoms with Crippen molar-refractivity contribution in [1.82, 2.24) is 0 Å². The van der Waals surface area contributed by atoms with E-state index in [1.807, 2.05) is 0 Å². The Labute approximate surface area is 164 Å². The van der Waals surface area contributed by atoms with Crippen LogP contribution in [0, 0.1) is 29.6 Å². The minimum absolute atomic E-state index is 0.0352. The van der Waals surface area contributed by atoms with Crippen LogP contribution in [-0.2, 0) is 9.53 Å². The van der Waals surface area contributed by atoms with E-state index < -0.39 is 42.1 Å². The van der Waals surface area contributed by atoms with Gasteiger partial charge in [-0.2, -0.15) is 30.7 Å². The molecular weight excluding hydrogens is 409 g/mol. The maximum atomic E-state index is 13.6. The van der Waals surface area contributed by atoms with Crippen LogP contribution >= 0.6 is 0 Å². The summed E-state index contributed by atoms with van der Waals surface area (Å²) in [6.07, 6.45) is -7.42. The Hall–Kier alpha value is -1.06. The molecule has 4 fully saturated rings. The lowest BCUT2D eigenvalue weighted by Gasteiger charge is -2.62. The van der Waals surface area contributed by atoms with Gasteiger partial charge >= 0.3 is 24.0 Å². The van der Waals surface area contributed by atoms with Gasteiger partial charge in [-0.1, -0.05) is 13.8 Å². The van der Waals surface area contributed by atoms with Crippen LogP contribution < -0.4 is 0 Å². The largest absolute Gasteiger partial charge is 0.459 e. The molecule has 0 aliphatic heterocycles. The van der Waals surface area contributed by atoms with Crippen molar-refractivity contribution < 1.29 is 45.4 Å². The number of aliphatic hydroxyl groups excluding tert-OH is 1. The molecule has 10 heteroatoms. The summed E-state index contributed by atoms with van der Waals surface area (Å²) < 4.78 is 95.8. The molecule has 4 bridgehead atoms. The van der Waals surface area contributed by atoms with Gasteiger partial charge in [-0.05, 0) is 61.7 Å². The van der Waals surface area contributed by atoms with Crippen molar-refractivity contribution in [3.05, 3.63) is 0 Å². The Morgan fingerprint density at radius 3 is 1.79 bits per heavy atom. The molecule has 3 nitrogen and oxygen atoms in total. The van der Waals surface area contributed by atoms with Crippen LogP contribution in [0.25, 0.3) is 0 Å². The lowest BCUT2D eigenvalue weighted by atomic mass is 9.47. The van der Waals surface area contributed by atoms with Crippen molar-refractivity contribution in [2.24, 2.45) is 29.6 Å². The Kier molecular flexibility index (Phi) is 5.45. The lowest BCUT2D eigenvalue weighted by molar-refractivity contribution is -0.358. The summed E-state index contributed by atoms with van der Waals surface area (Å²) >= 11 is 0. The van der Waals surface area contributed by atoms with Crippen molar-refractivity contribution in [2.75, 3.05) is 0 Å². The summed E-state index contributed by atoms with van der Waals surface area (Å²) in [5.74, 6) is -12.9. The van der Waals surface area contributed by atoms with Crippen molar-refractivity contribution in [3.63, 3.8) is 0 Å². The highest BCUT2D eigenvalue weighted by atomic mass is 19.4. The number of alkyl halides is 7. The van der Waals surface area contributed by atoms with E-state index in [0.29, 0.717) is 11.8 Å². The zero-order valence-electron chi connectivity index (χ0n) is 16.1. The Bertz CT molecular complexity index is 616. The molecule has 4 aliphatic rings. The van der Waals surface area contributed by atoms with Crippen LogP contribution in [0.4, 0.5) is 30.7 Å². The third kappa shape index (κ3) is 3.53. The summed E-state index contributed by atoms with van der Waals surface area (Å²) in [6.45, 7) is 3.60. The highest BCUT2D eigenvalue weighted by molar-refractivity contribution is 5.75. The number of carbonyl (C=O) groups is 1. The van der Waals surface area contributed by atoms with Gasteiger partial charge in [0.25, 0.3) is 0 Å². The maximum Gasteiger partial charge on any atom is 0.459 e. The molecule has 4 saturated carbocycles. The normalized spacial score (nSPS) is 35.8. The van der Waals surface area contributed by atoms with Gasteiger partial charge < -0.3 is 9.84 Å². The number of rotatable bonds is 6. The highest BCUT2D eigenvalue weighted by Gasteiger charge is 2.73. The van der Waals surface area contributed by atoms with Crippen molar-refractivity contribution in [2.45, 2.75) is 82.1 Å². The fourth-order valence-corrected chi connectivity index (χ4v) is 6.05. The van der Waals surface area contributed by atoms with Crippen LogP contribution in [0.1, 0.15) is 52.4 Å². The van der Waals surface area contributed by atoms with Crippen molar-refractivity contribution in [3.8, 4) is 0 Å². The minimum Gasteiger partial charge on any atom is -0.456 e. The predicted octanol–water partition coefficient (Wildman–Crippen LogP) is 4.96. The number of carbonyl (C=O) groups excluding carboxylic acids is 1. The van der Waals surface area contributed by atoms with Crippen LogP contribution in [0.2, 0.25) is 0 Å². The summed E-state index contributed by atoms with van der Waals surface area (Å²) in [4.78, 5) is 12.4. The molecule has 1 atom stereocenters. The Morgan fingerprint density at radius 1 is 0.966 bits per heavy atom. The average molecular weight is 434 g/mol. The fourth-order valence-electron chi connectivity index (χ4n) is 6.05.